The van der Waals surface area contributed by atoms with Crippen molar-refractivity contribution < 1.29 is 56.9 Å². The van der Waals surface area contributed by atoms with Crippen LogP contribution < -0.4 is 21.7 Å². The first kappa shape index (κ1) is 57.6. The van der Waals surface area contributed by atoms with Gasteiger partial charge in [0.15, 0.2) is 5.78 Å². The minimum absolute atomic E-state index is 0.0385. The number of ketones is 1. The normalized spacial score (nSPS) is 10.4. The van der Waals surface area contributed by atoms with Crippen molar-refractivity contribution in [2.75, 3.05) is 27.9 Å². The summed E-state index contributed by atoms with van der Waals surface area (Å²) in [6.45, 7) is 10.2. The molecule has 5 aromatic rings. The Morgan fingerprint density at radius 2 is 0.914 bits per heavy atom. The molecule has 0 heterocycles. The van der Waals surface area contributed by atoms with Crippen molar-refractivity contribution in [2.24, 2.45) is 0 Å². The van der Waals surface area contributed by atoms with Crippen LogP contribution in [0.1, 0.15) is 105 Å². The summed E-state index contributed by atoms with van der Waals surface area (Å²) < 4.78 is 29.1. The molecule has 5 rings (SSSR count). The molecule has 5 aromatic carbocycles. The number of hydrogen-bond acceptors (Lipinski definition) is 11. The molecule has 0 aliphatic heterocycles. The van der Waals surface area contributed by atoms with E-state index in [0.29, 0.717) is 16.8 Å². The van der Waals surface area contributed by atoms with Crippen LogP contribution in [0.3, 0.4) is 0 Å². The van der Waals surface area contributed by atoms with Gasteiger partial charge in [-0.25, -0.2) is 27.6 Å². The van der Waals surface area contributed by atoms with Crippen LogP contribution in [0.15, 0.2) is 109 Å². The van der Waals surface area contributed by atoms with E-state index in [0.717, 1.165) is 41.3 Å². The number of amides is 3. The van der Waals surface area contributed by atoms with E-state index in [1.54, 1.807) is 102 Å². The number of nitrogens with one attached hydrogen (secondary N) is 3. The predicted molar refractivity (Wildman–Crippen MR) is 271 cm³/mol. The molecule has 364 valence electrons. The van der Waals surface area contributed by atoms with Crippen LogP contribution in [0.25, 0.3) is 0 Å². The molecule has 0 fully saturated rings. The number of carbonyl (C=O) groups is 6. The van der Waals surface area contributed by atoms with Crippen molar-refractivity contribution in [1.82, 2.24) is 0 Å². The lowest BCUT2D eigenvalue weighted by Gasteiger charge is -2.20. The fourth-order valence-electron chi connectivity index (χ4n) is 5.22. The molecule has 0 spiro atoms. The van der Waals surface area contributed by atoms with E-state index in [4.69, 9.17) is 44.7 Å². The molecule has 0 aliphatic rings. The van der Waals surface area contributed by atoms with Crippen LogP contribution in [0.2, 0.25) is 0 Å². The van der Waals surface area contributed by atoms with Crippen LogP contribution in [0.4, 0.5) is 32.3 Å². The van der Waals surface area contributed by atoms with Gasteiger partial charge in [-0.1, -0.05) is 29.9 Å². The molecule has 0 saturated carbocycles. The number of carboxylic acid groups (broad SMARTS) is 2. The Labute approximate surface area is 411 Å². The topological polar surface area (TPSA) is 258 Å². The monoisotopic (exact) mass is 990 g/mol. The van der Waals surface area contributed by atoms with E-state index in [1.807, 2.05) is 12.1 Å². The number of Topliss-reactive ketones (excluding diaryl/α,β-unsaturated/α-hetero) is 1. The van der Waals surface area contributed by atoms with Crippen LogP contribution in [0.5, 0.6) is 0 Å². The zero-order valence-corrected chi connectivity index (χ0v) is 40.7. The zero-order chi connectivity index (χ0) is 53.0. The van der Waals surface area contributed by atoms with E-state index in [-0.39, 0.29) is 45.8 Å². The molecule has 0 bridgehead atoms. The number of hydrogen-bond donors (Lipinski definition) is 6. The first-order valence-corrected chi connectivity index (χ1v) is 23.1. The van der Waals surface area contributed by atoms with Gasteiger partial charge in [-0.15, -0.1) is 19.3 Å². The van der Waals surface area contributed by atoms with Crippen LogP contribution in [-0.4, -0.2) is 71.9 Å². The number of ether oxygens (including phenoxy) is 2. The van der Waals surface area contributed by atoms with Gasteiger partial charge in [0.1, 0.15) is 11.2 Å². The smallest absolute Gasteiger partial charge is 0.412 e. The molecular weight excluding hydrogens is 940 g/mol. The average molecular weight is 992 g/mol. The third kappa shape index (κ3) is 23.3. The lowest BCUT2D eigenvalue weighted by molar-refractivity contribution is 0.0624. The first-order valence-electron chi connectivity index (χ1n) is 20.4. The van der Waals surface area contributed by atoms with Crippen LogP contribution in [-0.2, 0) is 24.9 Å². The lowest BCUT2D eigenvalue weighted by atomic mass is 9.99. The molecule has 0 saturated heterocycles. The van der Waals surface area contributed by atoms with Gasteiger partial charge in [0.05, 0.1) is 17.4 Å². The Hall–Kier alpha value is -8.56. The molecular formula is C52H51ClN4O12S. The number of aromatic carboxylic acids is 2. The second kappa shape index (κ2) is 26.1. The summed E-state index contributed by atoms with van der Waals surface area (Å²) in [5.74, 6) is 4.28. The van der Waals surface area contributed by atoms with Crippen molar-refractivity contribution in [2.45, 2.75) is 59.2 Å². The number of terminal acetylenes is 3. The highest BCUT2D eigenvalue weighted by Crippen LogP contribution is 2.22. The SMILES string of the molecule is C#Cc1ccc(CC(=O)c2cc(NC(=O)OC(C)(C)C)cc(C(=O)Nc3ccc(C#C)cc3)c2)cc1.C#Cc1ccc(N)cc1.CC(C)(C)OC(=O)Nc1cc(C(=O)O)cc(C(=O)O)c1.CS(=O)(=O)Cl. The van der Waals surface area contributed by atoms with Crippen molar-refractivity contribution >= 4 is 78.3 Å². The number of nitrogens with two attached hydrogens (primary N) is 1. The fraction of sp³-hybridized carbons (Fsp3) is 0.192. The Balaban J connectivity index is 0.000000409. The highest BCUT2D eigenvalue weighted by molar-refractivity contribution is 8.13. The van der Waals surface area contributed by atoms with Crippen molar-refractivity contribution in [3.63, 3.8) is 0 Å². The number of nitrogen functional groups attached to an aromatic ring is 1. The number of carbonyl (C=O) groups excluding carboxylic acids is 4. The minimum Gasteiger partial charge on any atom is -0.478 e. The van der Waals surface area contributed by atoms with Crippen LogP contribution in [0, 0.1) is 37.0 Å². The molecule has 70 heavy (non-hydrogen) atoms. The number of halogens is 1. The molecule has 0 unspecified atom stereocenters. The Kier molecular flexibility index (Phi) is 21.5. The minimum atomic E-state index is -3.19. The van der Waals surface area contributed by atoms with E-state index >= 15 is 0 Å². The van der Waals surface area contributed by atoms with Crippen LogP contribution >= 0.6 is 10.7 Å². The summed E-state index contributed by atoms with van der Waals surface area (Å²) in [6, 6.07) is 28.8. The van der Waals surface area contributed by atoms with Gasteiger partial charge in [-0.05, 0) is 144 Å². The maximum atomic E-state index is 13.1. The van der Waals surface area contributed by atoms with Crippen molar-refractivity contribution in [3.05, 3.63) is 154 Å². The van der Waals surface area contributed by atoms with Gasteiger partial charge >= 0.3 is 24.1 Å². The third-order valence-electron chi connectivity index (χ3n) is 8.11. The van der Waals surface area contributed by atoms with Crippen molar-refractivity contribution in [1.29, 1.82) is 0 Å². The second-order valence-electron chi connectivity index (χ2n) is 16.5. The number of benzene rings is 5. The highest BCUT2D eigenvalue weighted by Gasteiger charge is 2.20. The van der Waals surface area contributed by atoms with Gasteiger partial charge < -0.3 is 30.7 Å². The summed E-state index contributed by atoms with van der Waals surface area (Å²) in [5, 5.41) is 25.5. The van der Waals surface area contributed by atoms with Gasteiger partial charge in [0.25, 0.3) is 5.91 Å². The van der Waals surface area contributed by atoms with Gasteiger partial charge in [-0.2, -0.15) is 0 Å². The standard InChI is InChI=1S/C30H26N2O4.C13H15NO6.C8H7N.CH3ClO2S/c1-6-20-8-10-22(11-9-20)16-27(33)23-17-24(19-26(18-23)32-29(35)36-30(3,4)5)28(34)31-25-14-12-21(7-2)13-15-25;1-13(2,3)20-12(19)14-9-5-7(10(15)16)4-8(6-9)11(17)18;1-2-7-3-5-8(9)6-4-7;1-5(2,3)4/h1-2,8-15,17-19H,16H2,3-5H3,(H,31,34)(H,32,35);4-6H,1-3H3,(H,14,19)(H,15,16)(H,17,18);1,3-6H,9H2;1H3. The molecule has 0 aliphatic carbocycles. The number of rotatable bonds is 9. The largest absolute Gasteiger partial charge is 0.478 e. The summed E-state index contributed by atoms with van der Waals surface area (Å²) in [5.41, 5.74) is 8.55. The van der Waals surface area contributed by atoms with Gasteiger partial charge in [0, 0.05) is 67.7 Å². The fourth-order valence-corrected chi connectivity index (χ4v) is 5.22. The van der Waals surface area contributed by atoms with Gasteiger partial charge in [-0.3, -0.25) is 20.2 Å². The van der Waals surface area contributed by atoms with E-state index in [1.165, 1.54) is 18.2 Å². The van der Waals surface area contributed by atoms with Gasteiger partial charge in [0.2, 0.25) is 9.05 Å². The quantitative estimate of drug-likeness (QED) is 0.0348. The highest BCUT2D eigenvalue weighted by atomic mass is 35.7. The van der Waals surface area contributed by atoms with Crippen molar-refractivity contribution in [3.8, 4) is 37.0 Å². The molecule has 0 radical (unpaired) electrons. The molecule has 7 N–H and O–H groups in total. The molecule has 0 atom stereocenters. The Morgan fingerprint density at radius 3 is 1.29 bits per heavy atom. The molecule has 0 aromatic heterocycles. The first-order chi connectivity index (χ1) is 32.5. The summed E-state index contributed by atoms with van der Waals surface area (Å²) in [6.07, 6.45) is 15.4. The summed E-state index contributed by atoms with van der Waals surface area (Å²) >= 11 is 0. The lowest BCUT2D eigenvalue weighted by Crippen LogP contribution is -2.27. The summed E-state index contributed by atoms with van der Waals surface area (Å²) in [4.78, 5) is 71.8. The number of carboxylic acids is 2. The molecule has 3 amide bonds. The van der Waals surface area contributed by atoms with E-state index < -0.39 is 50.3 Å². The second-order valence-corrected chi connectivity index (χ2v) is 19.6. The zero-order valence-electron chi connectivity index (χ0n) is 39.2. The summed E-state index contributed by atoms with van der Waals surface area (Å²) in [7, 11) is 1.31. The molecule has 16 nitrogen and oxygen atoms in total. The predicted octanol–water partition coefficient (Wildman–Crippen LogP) is 9.54. The average Bonchev–Trinajstić information content (AvgIpc) is 3.25. The Bertz CT molecular complexity index is 2810. The molecule has 18 heteroatoms. The maximum Gasteiger partial charge on any atom is 0.412 e. The Morgan fingerprint density at radius 1 is 0.571 bits per heavy atom. The third-order valence-corrected chi connectivity index (χ3v) is 8.11. The van der Waals surface area contributed by atoms with E-state index in [2.05, 4.69) is 44.4 Å². The number of anilines is 4. The maximum absolute atomic E-state index is 13.1. The van der Waals surface area contributed by atoms with E-state index in [9.17, 15) is 37.2 Å².